The van der Waals surface area contributed by atoms with Crippen LogP contribution in [0.2, 0.25) is 5.02 Å². The Morgan fingerprint density at radius 2 is 2.08 bits per heavy atom. The molecule has 0 heterocycles. The quantitative estimate of drug-likeness (QED) is 0.704. The van der Waals surface area contributed by atoms with Crippen molar-refractivity contribution in [2.45, 2.75) is 6.54 Å². The Hall–Kier alpha value is -1.17. The van der Waals surface area contributed by atoms with E-state index >= 15 is 0 Å². The standard InChI is InChI=1S/C10H10ClN/c1-2-7-12-8-9-3-5-10(11)6-4-9/h3-7,12H,1,8H2. The van der Waals surface area contributed by atoms with Crippen molar-refractivity contribution in [2.75, 3.05) is 0 Å². The first-order valence-electron chi connectivity index (χ1n) is 3.65. The minimum absolute atomic E-state index is 0.762. The molecular formula is C10H10ClN. The average Bonchev–Trinajstić information content (AvgIpc) is 2.09. The van der Waals surface area contributed by atoms with Crippen LogP contribution in [0.4, 0.5) is 0 Å². The fraction of sp³-hybridized carbons (Fsp3) is 0.100. The molecule has 0 amide bonds. The fourth-order valence-corrected chi connectivity index (χ4v) is 0.969. The molecule has 0 radical (unpaired) electrons. The summed E-state index contributed by atoms with van der Waals surface area (Å²) in [4.78, 5) is 0. The Bertz CT molecular complexity index is 283. The minimum Gasteiger partial charge on any atom is -0.381 e. The van der Waals surface area contributed by atoms with Crippen LogP contribution >= 0.6 is 11.6 Å². The van der Waals surface area contributed by atoms with E-state index in [4.69, 9.17) is 11.6 Å². The molecule has 0 unspecified atom stereocenters. The third-order valence-corrected chi connectivity index (χ3v) is 1.68. The van der Waals surface area contributed by atoms with Gasteiger partial charge >= 0.3 is 0 Å². The van der Waals surface area contributed by atoms with Crippen LogP contribution in [0.15, 0.2) is 42.8 Å². The summed E-state index contributed by atoms with van der Waals surface area (Å²) in [5.41, 5.74) is 3.82. The number of hydrogen-bond acceptors (Lipinski definition) is 1. The zero-order chi connectivity index (χ0) is 8.81. The highest BCUT2D eigenvalue weighted by Gasteiger charge is 1.89. The maximum atomic E-state index is 5.72. The van der Waals surface area contributed by atoms with E-state index in [0.717, 1.165) is 11.6 Å². The van der Waals surface area contributed by atoms with E-state index in [2.05, 4.69) is 17.6 Å². The van der Waals surface area contributed by atoms with Crippen LogP contribution in [-0.2, 0) is 6.54 Å². The lowest BCUT2D eigenvalue weighted by Gasteiger charge is -1.99. The first-order valence-corrected chi connectivity index (χ1v) is 4.03. The molecule has 0 saturated heterocycles. The number of halogens is 1. The van der Waals surface area contributed by atoms with Crippen molar-refractivity contribution in [1.29, 1.82) is 0 Å². The van der Waals surface area contributed by atoms with Crippen molar-refractivity contribution in [3.05, 3.63) is 53.4 Å². The van der Waals surface area contributed by atoms with Gasteiger partial charge in [-0.25, -0.2) is 0 Å². The van der Waals surface area contributed by atoms with Gasteiger partial charge in [0.15, 0.2) is 0 Å². The van der Waals surface area contributed by atoms with Gasteiger partial charge in [-0.2, -0.15) is 0 Å². The van der Waals surface area contributed by atoms with Crippen LogP contribution < -0.4 is 5.32 Å². The lowest BCUT2D eigenvalue weighted by molar-refractivity contribution is 0.871. The second-order valence-corrected chi connectivity index (χ2v) is 2.79. The Balaban J connectivity index is 2.53. The van der Waals surface area contributed by atoms with Crippen LogP contribution in [-0.4, -0.2) is 0 Å². The van der Waals surface area contributed by atoms with Crippen LogP contribution in [0, 0.1) is 0 Å². The summed E-state index contributed by atoms with van der Waals surface area (Å²) < 4.78 is 0. The largest absolute Gasteiger partial charge is 0.381 e. The molecule has 0 bridgehead atoms. The average molecular weight is 180 g/mol. The van der Waals surface area contributed by atoms with E-state index in [0.29, 0.717) is 0 Å². The molecule has 1 aromatic carbocycles. The number of benzene rings is 1. The lowest BCUT2D eigenvalue weighted by Crippen LogP contribution is -2.02. The molecular weight excluding hydrogens is 170 g/mol. The molecule has 0 aliphatic heterocycles. The van der Waals surface area contributed by atoms with Gasteiger partial charge < -0.3 is 5.32 Å². The van der Waals surface area contributed by atoms with Crippen molar-refractivity contribution in [1.82, 2.24) is 5.32 Å². The summed E-state index contributed by atoms with van der Waals surface area (Å²) >= 11 is 5.72. The van der Waals surface area contributed by atoms with Gasteiger partial charge in [0.1, 0.15) is 0 Å². The summed E-state index contributed by atoms with van der Waals surface area (Å²) in [6, 6.07) is 7.70. The number of rotatable bonds is 3. The smallest absolute Gasteiger partial charge is 0.0406 e. The summed E-state index contributed by atoms with van der Waals surface area (Å²) in [6.07, 6.45) is 1.69. The van der Waals surface area contributed by atoms with Gasteiger partial charge in [0.25, 0.3) is 0 Å². The zero-order valence-corrected chi connectivity index (χ0v) is 7.43. The predicted octanol–water partition coefficient (Wildman–Crippen LogP) is 2.73. The molecule has 0 atom stereocenters. The van der Waals surface area contributed by atoms with E-state index < -0.39 is 0 Å². The monoisotopic (exact) mass is 179 g/mol. The summed E-state index contributed by atoms with van der Waals surface area (Å²) in [5.74, 6) is 0. The number of nitrogens with one attached hydrogen (secondary N) is 1. The molecule has 1 N–H and O–H groups in total. The summed E-state index contributed by atoms with van der Waals surface area (Å²) in [7, 11) is 0. The molecule has 0 aromatic heterocycles. The molecule has 0 fully saturated rings. The van der Waals surface area contributed by atoms with Gasteiger partial charge in [-0.3, -0.25) is 0 Å². The SMILES string of the molecule is C=C=CNCc1ccc(Cl)cc1. The van der Waals surface area contributed by atoms with E-state index in [9.17, 15) is 0 Å². The van der Waals surface area contributed by atoms with Gasteiger partial charge in [0.2, 0.25) is 0 Å². The molecule has 1 aromatic rings. The first kappa shape index (κ1) is 8.92. The lowest BCUT2D eigenvalue weighted by atomic mass is 10.2. The van der Waals surface area contributed by atoms with Crippen LogP contribution in [0.5, 0.6) is 0 Å². The van der Waals surface area contributed by atoms with Gasteiger partial charge in [-0.1, -0.05) is 30.3 Å². The van der Waals surface area contributed by atoms with Crippen molar-refractivity contribution >= 4 is 11.6 Å². The molecule has 0 aliphatic rings. The molecule has 62 valence electrons. The Morgan fingerprint density at radius 3 is 2.67 bits per heavy atom. The third-order valence-electron chi connectivity index (χ3n) is 1.42. The second kappa shape index (κ2) is 4.66. The maximum absolute atomic E-state index is 5.72. The van der Waals surface area contributed by atoms with Crippen molar-refractivity contribution in [3.8, 4) is 0 Å². The van der Waals surface area contributed by atoms with Crippen molar-refractivity contribution in [2.24, 2.45) is 0 Å². The second-order valence-electron chi connectivity index (χ2n) is 2.36. The summed E-state index contributed by atoms with van der Waals surface area (Å²) in [6.45, 7) is 4.22. The van der Waals surface area contributed by atoms with Gasteiger partial charge in [-0.15, -0.1) is 5.73 Å². The normalized spacial score (nSPS) is 8.75. The van der Waals surface area contributed by atoms with E-state index in [1.807, 2.05) is 24.3 Å². The van der Waals surface area contributed by atoms with Gasteiger partial charge in [0, 0.05) is 17.8 Å². The van der Waals surface area contributed by atoms with Crippen molar-refractivity contribution in [3.63, 3.8) is 0 Å². The maximum Gasteiger partial charge on any atom is 0.0406 e. The highest BCUT2D eigenvalue weighted by Crippen LogP contribution is 2.08. The van der Waals surface area contributed by atoms with Gasteiger partial charge in [0.05, 0.1) is 0 Å². The van der Waals surface area contributed by atoms with Crippen LogP contribution in [0.3, 0.4) is 0 Å². The van der Waals surface area contributed by atoms with Crippen LogP contribution in [0.25, 0.3) is 0 Å². The predicted molar refractivity (Wildman–Crippen MR) is 52.0 cm³/mol. The van der Waals surface area contributed by atoms with Crippen molar-refractivity contribution < 1.29 is 0 Å². The molecule has 0 spiro atoms. The highest BCUT2D eigenvalue weighted by molar-refractivity contribution is 6.30. The Labute approximate surface area is 77.4 Å². The van der Waals surface area contributed by atoms with E-state index in [1.54, 1.807) is 6.20 Å². The highest BCUT2D eigenvalue weighted by atomic mass is 35.5. The van der Waals surface area contributed by atoms with E-state index in [-0.39, 0.29) is 0 Å². The third kappa shape index (κ3) is 2.83. The van der Waals surface area contributed by atoms with Crippen LogP contribution in [0.1, 0.15) is 5.56 Å². The zero-order valence-electron chi connectivity index (χ0n) is 6.68. The molecule has 2 heteroatoms. The first-order chi connectivity index (χ1) is 5.83. The Kier molecular flexibility index (Phi) is 3.46. The summed E-state index contributed by atoms with van der Waals surface area (Å²) in [5, 5.41) is 3.79. The van der Waals surface area contributed by atoms with Gasteiger partial charge in [-0.05, 0) is 17.7 Å². The molecule has 0 aliphatic carbocycles. The Morgan fingerprint density at radius 1 is 1.42 bits per heavy atom. The van der Waals surface area contributed by atoms with E-state index in [1.165, 1.54) is 5.56 Å². The minimum atomic E-state index is 0.762. The topological polar surface area (TPSA) is 12.0 Å². The molecule has 1 rings (SSSR count). The molecule has 12 heavy (non-hydrogen) atoms. The fourth-order valence-electron chi connectivity index (χ4n) is 0.843. The molecule has 1 nitrogen and oxygen atoms in total. The number of hydrogen-bond donors (Lipinski definition) is 1. The molecule has 0 saturated carbocycles.